The third-order valence-corrected chi connectivity index (χ3v) is 7.21. The second-order valence-corrected chi connectivity index (χ2v) is 9.16. The van der Waals surface area contributed by atoms with Crippen LogP contribution in [0.15, 0.2) is 34.1 Å². The van der Waals surface area contributed by atoms with Crippen LogP contribution in [0.5, 0.6) is 5.75 Å². The summed E-state index contributed by atoms with van der Waals surface area (Å²) >= 11 is 1.42. The molecular formula is C23H30ClN7O4S. The monoisotopic (exact) mass is 535 g/mol. The molecule has 0 unspecified atom stereocenters. The summed E-state index contributed by atoms with van der Waals surface area (Å²) in [5.41, 5.74) is 0.275. The molecule has 3 aromatic heterocycles. The minimum Gasteiger partial charge on any atom is -0.497 e. The van der Waals surface area contributed by atoms with Crippen LogP contribution in [0.1, 0.15) is 13.8 Å². The van der Waals surface area contributed by atoms with Gasteiger partial charge >= 0.3 is 5.69 Å². The van der Waals surface area contributed by atoms with Crippen LogP contribution in [0.3, 0.4) is 0 Å². The average molecular weight is 536 g/mol. The molecule has 36 heavy (non-hydrogen) atoms. The van der Waals surface area contributed by atoms with Crippen LogP contribution < -0.4 is 20.9 Å². The SMILES string of the molecule is CCN(CC)CCN(C(=O)Cn1cnc2c1c(=O)n(C)c(=O)n2C)c1nc2ccc(OC)cc2s1.Cl. The van der Waals surface area contributed by atoms with Gasteiger partial charge in [0.1, 0.15) is 12.3 Å². The van der Waals surface area contributed by atoms with E-state index in [1.807, 2.05) is 18.2 Å². The summed E-state index contributed by atoms with van der Waals surface area (Å²) in [6.07, 6.45) is 1.43. The van der Waals surface area contributed by atoms with Crippen molar-refractivity contribution in [3.05, 3.63) is 45.4 Å². The van der Waals surface area contributed by atoms with E-state index in [9.17, 15) is 14.4 Å². The van der Waals surface area contributed by atoms with E-state index in [0.717, 1.165) is 33.6 Å². The van der Waals surface area contributed by atoms with E-state index < -0.39 is 11.2 Å². The van der Waals surface area contributed by atoms with Gasteiger partial charge in [0.2, 0.25) is 5.91 Å². The Morgan fingerprint density at radius 3 is 2.50 bits per heavy atom. The van der Waals surface area contributed by atoms with Crippen LogP contribution in [-0.4, -0.2) is 67.8 Å². The van der Waals surface area contributed by atoms with Gasteiger partial charge in [-0.3, -0.25) is 23.6 Å². The standard InChI is InChI=1S/C23H29N7O4S.ClH/c1-6-28(7-2)10-11-30(22-25-16-9-8-15(34-5)12-17(16)35-22)18(31)13-29-14-24-20-19(29)21(32)27(4)23(33)26(20)3;/h8-9,12,14H,6-7,10-11,13H2,1-5H3;1H. The van der Waals surface area contributed by atoms with Gasteiger partial charge in [-0.25, -0.2) is 14.8 Å². The predicted molar refractivity (Wildman–Crippen MR) is 144 cm³/mol. The number of fused-ring (bicyclic) bond motifs is 2. The fraction of sp³-hybridized carbons (Fsp3) is 0.435. The molecule has 0 atom stereocenters. The minimum absolute atomic E-state index is 0. The number of carbonyl (C=O) groups is 1. The predicted octanol–water partition coefficient (Wildman–Crippen LogP) is 1.85. The van der Waals surface area contributed by atoms with Crippen LogP contribution in [-0.2, 0) is 25.4 Å². The summed E-state index contributed by atoms with van der Waals surface area (Å²) in [4.78, 5) is 51.5. The number of likely N-dealkylation sites (N-methyl/N-ethyl adjacent to an activating group) is 1. The molecule has 0 fully saturated rings. The van der Waals surface area contributed by atoms with Gasteiger partial charge < -0.3 is 14.2 Å². The van der Waals surface area contributed by atoms with E-state index in [1.54, 1.807) is 19.1 Å². The fourth-order valence-corrected chi connectivity index (χ4v) is 5.03. The Balaban J connectivity index is 0.00000361. The Morgan fingerprint density at radius 1 is 1.11 bits per heavy atom. The van der Waals surface area contributed by atoms with Crippen molar-refractivity contribution < 1.29 is 9.53 Å². The highest BCUT2D eigenvalue weighted by atomic mass is 35.5. The molecule has 11 nitrogen and oxygen atoms in total. The second-order valence-electron chi connectivity index (χ2n) is 8.15. The molecule has 0 aliphatic heterocycles. The molecule has 0 aliphatic carbocycles. The zero-order valence-corrected chi connectivity index (χ0v) is 22.6. The van der Waals surface area contributed by atoms with Crippen LogP contribution in [0, 0.1) is 0 Å². The summed E-state index contributed by atoms with van der Waals surface area (Å²) in [7, 11) is 4.57. The van der Waals surface area contributed by atoms with E-state index in [4.69, 9.17) is 9.72 Å². The molecule has 0 radical (unpaired) electrons. The Kier molecular flexibility index (Phi) is 8.54. The Morgan fingerprint density at radius 2 is 1.83 bits per heavy atom. The van der Waals surface area contributed by atoms with E-state index in [2.05, 4.69) is 23.7 Å². The molecule has 1 aromatic carbocycles. The molecule has 3 heterocycles. The highest BCUT2D eigenvalue weighted by Gasteiger charge is 2.23. The first-order chi connectivity index (χ1) is 16.8. The van der Waals surface area contributed by atoms with E-state index in [1.165, 1.54) is 33.8 Å². The van der Waals surface area contributed by atoms with Gasteiger partial charge in [0, 0.05) is 27.2 Å². The van der Waals surface area contributed by atoms with Gasteiger partial charge in [-0.05, 0) is 31.3 Å². The van der Waals surface area contributed by atoms with Crippen molar-refractivity contribution in [1.82, 2.24) is 28.6 Å². The lowest BCUT2D eigenvalue weighted by atomic mass is 10.3. The zero-order valence-electron chi connectivity index (χ0n) is 20.9. The first-order valence-corrected chi connectivity index (χ1v) is 12.2. The lowest BCUT2D eigenvalue weighted by molar-refractivity contribution is -0.119. The Bertz CT molecular complexity index is 1500. The number of halogens is 1. The largest absolute Gasteiger partial charge is 0.497 e. The van der Waals surface area contributed by atoms with Crippen molar-refractivity contribution in [2.75, 3.05) is 38.2 Å². The van der Waals surface area contributed by atoms with E-state index >= 15 is 0 Å². The third-order valence-electron chi connectivity index (χ3n) is 6.17. The summed E-state index contributed by atoms with van der Waals surface area (Å²) in [6, 6.07) is 5.61. The third kappa shape index (κ3) is 5.01. The molecule has 4 rings (SSSR count). The number of benzene rings is 1. The van der Waals surface area contributed by atoms with Crippen molar-refractivity contribution in [2.24, 2.45) is 14.1 Å². The van der Waals surface area contributed by atoms with Crippen molar-refractivity contribution >= 4 is 56.2 Å². The van der Waals surface area contributed by atoms with E-state index in [0.29, 0.717) is 18.2 Å². The topological polar surface area (TPSA) is 107 Å². The number of methoxy groups -OCH3 is 1. The molecule has 0 saturated carbocycles. The maximum atomic E-state index is 13.6. The van der Waals surface area contributed by atoms with Crippen LogP contribution in [0.4, 0.5) is 5.13 Å². The zero-order chi connectivity index (χ0) is 25.3. The number of carbonyl (C=O) groups excluding carboxylic acids is 1. The van der Waals surface area contributed by atoms with Crippen molar-refractivity contribution in [1.29, 1.82) is 0 Å². The first-order valence-electron chi connectivity index (χ1n) is 11.4. The number of hydrogen-bond donors (Lipinski definition) is 0. The van der Waals surface area contributed by atoms with Gasteiger partial charge in [-0.2, -0.15) is 0 Å². The normalized spacial score (nSPS) is 11.3. The number of amides is 1. The van der Waals surface area contributed by atoms with Crippen molar-refractivity contribution in [3.63, 3.8) is 0 Å². The maximum absolute atomic E-state index is 13.6. The van der Waals surface area contributed by atoms with Gasteiger partial charge in [0.25, 0.3) is 5.56 Å². The number of nitrogens with zero attached hydrogens (tertiary/aromatic N) is 7. The molecule has 0 aliphatic rings. The number of hydrogen-bond acceptors (Lipinski definition) is 8. The van der Waals surface area contributed by atoms with Crippen molar-refractivity contribution in [2.45, 2.75) is 20.4 Å². The molecule has 0 N–H and O–H groups in total. The number of imidazole rings is 1. The molecule has 4 aromatic rings. The van der Waals surface area contributed by atoms with Gasteiger partial charge in [0.05, 0.1) is 23.7 Å². The van der Waals surface area contributed by atoms with Crippen LogP contribution in [0.2, 0.25) is 0 Å². The molecule has 0 saturated heterocycles. The summed E-state index contributed by atoms with van der Waals surface area (Å²) < 4.78 is 10.1. The number of aromatic nitrogens is 5. The van der Waals surface area contributed by atoms with Crippen LogP contribution >= 0.6 is 23.7 Å². The lowest BCUT2D eigenvalue weighted by Gasteiger charge is -2.25. The highest BCUT2D eigenvalue weighted by Crippen LogP contribution is 2.31. The molecule has 0 spiro atoms. The fourth-order valence-electron chi connectivity index (χ4n) is 3.99. The second kappa shape index (κ2) is 11.2. The molecular weight excluding hydrogens is 506 g/mol. The van der Waals surface area contributed by atoms with Gasteiger partial charge in [0.15, 0.2) is 16.3 Å². The summed E-state index contributed by atoms with van der Waals surface area (Å²) in [6.45, 7) is 6.91. The Hall–Kier alpha value is -3.22. The van der Waals surface area contributed by atoms with Gasteiger partial charge in [-0.15, -0.1) is 12.4 Å². The molecule has 194 valence electrons. The average Bonchev–Trinajstić information content (AvgIpc) is 3.47. The maximum Gasteiger partial charge on any atom is 0.332 e. The molecule has 1 amide bonds. The van der Waals surface area contributed by atoms with Gasteiger partial charge in [-0.1, -0.05) is 25.2 Å². The number of aryl methyl sites for hydroxylation is 1. The number of anilines is 1. The quantitative estimate of drug-likeness (QED) is 0.322. The number of rotatable bonds is 9. The Labute approximate surface area is 217 Å². The molecule has 0 bridgehead atoms. The van der Waals surface area contributed by atoms with E-state index in [-0.39, 0.29) is 36.0 Å². The lowest BCUT2D eigenvalue weighted by Crippen LogP contribution is -2.41. The smallest absolute Gasteiger partial charge is 0.332 e. The summed E-state index contributed by atoms with van der Waals surface area (Å²) in [5.74, 6) is 0.499. The van der Waals surface area contributed by atoms with Crippen LogP contribution in [0.25, 0.3) is 21.4 Å². The molecule has 13 heteroatoms. The number of thiazole rings is 1. The highest BCUT2D eigenvalue weighted by molar-refractivity contribution is 7.22. The van der Waals surface area contributed by atoms with Crippen molar-refractivity contribution in [3.8, 4) is 5.75 Å². The number of ether oxygens (including phenoxy) is 1. The first kappa shape index (κ1) is 27.4. The summed E-state index contributed by atoms with van der Waals surface area (Å²) in [5, 5.41) is 0.579. The minimum atomic E-state index is -0.491.